The summed E-state index contributed by atoms with van der Waals surface area (Å²) in [6, 6.07) is 0. The Kier molecular flexibility index (Phi) is 8.13. The SMILES string of the molecule is CCCC(=O)OC1OC(C(COC)OC)C(OC)C1OC. The van der Waals surface area contributed by atoms with Crippen molar-refractivity contribution in [3.8, 4) is 0 Å². The van der Waals surface area contributed by atoms with Crippen LogP contribution in [0.25, 0.3) is 0 Å². The molecular weight excluding hydrogens is 280 g/mol. The summed E-state index contributed by atoms with van der Waals surface area (Å²) in [4.78, 5) is 11.7. The number of hydrogen-bond acceptors (Lipinski definition) is 7. The molecule has 0 aromatic rings. The van der Waals surface area contributed by atoms with E-state index in [0.717, 1.165) is 0 Å². The van der Waals surface area contributed by atoms with E-state index < -0.39 is 24.6 Å². The molecule has 0 aromatic heterocycles. The van der Waals surface area contributed by atoms with Gasteiger partial charge in [0.2, 0.25) is 6.29 Å². The van der Waals surface area contributed by atoms with E-state index >= 15 is 0 Å². The summed E-state index contributed by atoms with van der Waals surface area (Å²) in [5, 5.41) is 0. The van der Waals surface area contributed by atoms with Crippen LogP contribution < -0.4 is 0 Å². The summed E-state index contributed by atoms with van der Waals surface area (Å²) in [5.41, 5.74) is 0. The average Bonchev–Trinajstić information content (AvgIpc) is 2.81. The predicted molar refractivity (Wildman–Crippen MR) is 73.9 cm³/mol. The Labute approximate surface area is 125 Å². The lowest BCUT2D eigenvalue weighted by Gasteiger charge is -2.25. The zero-order valence-corrected chi connectivity index (χ0v) is 13.4. The van der Waals surface area contributed by atoms with Gasteiger partial charge >= 0.3 is 5.97 Å². The van der Waals surface area contributed by atoms with Gasteiger partial charge in [0.15, 0.2) is 0 Å². The van der Waals surface area contributed by atoms with Gasteiger partial charge in [-0.1, -0.05) is 6.92 Å². The highest BCUT2D eigenvalue weighted by Gasteiger charge is 2.50. The molecule has 0 aromatic carbocycles. The lowest BCUT2D eigenvalue weighted by Crippen LogP contribution is -2.43. The van der Waals surface area contributed by atoms with Crippen LogP contribution in [-0.4, -0.2) is 71.7 Å². The minimum Gasteiger partial charge on any atom is -0.433 e. The Morgan fingerprint density at radius 3 is 2.29 bits per heavy atom. The number of esters is 1. The molecule has 5 atom stereocenters. The number of carbonyl (C=O) groups excluding carboxylic acids is 1. The second kappa shape index (κ2) is 9.32. The minimum atomic E-state index is -0.807. The Bertz CT molecular complexity index is 310. The second-order valence-corrected chi connectivity index (χ2v) is 4.84. The number of methoxy groups -OCH3 is 4. The van der Waals surface area contributed by atoms with Gasteiger partial charge in [0.05, 0.1) is 6.61 Å². The van der Waals surface area contributed by atoms with Crippen LogP contribution in [0.3, 0.4) is 0 Å². The van der Waals surface area contributed by atoms with E-state index in [2.05, 4.69) is 0 Å². The van der Waals surface area contributed by atoms with Crippen molar-refractivity contribution in [2.24, 2.45) is 0 Å². The number of hydrogen-bond donors (Lipinski definition) is 0. The van der Waals surface area contributed by atoms with Crippen molar-refractivity contribution in [1.29, 1.82) is 0 Å². The summed E-state index contributed by atoms with van der Waals surface area (Å²) in [6.07, 6.45) is -1.45. The van der Waals surface area contributed by atoms with Crippen LogP contribution >= 0.6 is 0 Å². The lowest BCUT2D eigenvalue weighted by molar-refractivity contribution is -0.198. The van der Waals surface area contributed by atoms with E-state index in [1.807, 2.05) is 6.92 Å². The maximum atomic E-state index is 11.7. The van der Waals surface area contributed by atoms with E-state index in [4.69, 9.17) is 28.4 Å². The first-order valence-electron chi connectivity index (χ1n) is 7.05. The topological polar surface area (TPSA) is 72.5 Å². The number of ether oxygens (including phenoxy) is 6. The number of carbonyl (C=O) groups is 1. The van der Waals surface area contributed by atoms with E-state index in [9.17, 15) is 4.79 Å². The van der Waals surface area contributed by atoms with Gasteiger partial charge in [-0.15, -0.1) is 0 Å². The summed E-state index contributed by atoms with van der Waals surface area (Å²) in [6.45, 7) is 2.25. The van der Waals surface area contributed by atoms with E-state index in [-0.39, 0.29) is 12.1 Å². The fourth-order valence-corrected chi connectivity index (χ4v) is 2.41. The molecule has 1 heterocycles. The molecule has 21 heavy (non-hydrogen) atoms. The zero-order valence-electron chi connectivity index (χ0n) is 13.4. The standard InChI is InChI=1S/C14H26O7/c1-6-7-10(15)20-14-13(19-5)12(18-4)11(21-14)9(17-3)8-16-2/h9,11-14H,6-8H2,1-5H3. The third-order valence-corrected chi connectivity index (χ3v) is 3.45. The molecule has 0 radical (unpaired) electrons. The predicted octanol–water partition coefficient (Wildman–Crippen LogP) is 0.746. The molecule has 0 amide bonds. The maximum absolute atomic E-state index is 11.7. The van der Waals surface area contributed by atoms with E-state index in [0.29, 0.717) is 19.4 Å². The van der Waals surface area contributed by atoms with Crippen LogP contribution in [0, 0.1) is 0 Å². The van der Waals surface area contributed by atoms with Crippen LogP contribution in [-0.2, 0) is 33.2 Å². The van der Waals surface area contributed by atoms with E-state index in [1.165, 1.54) is 7.11 Å². The first-order chi connectivity index (χ1) is 10.1. The molecule has 1 rings (SSSR count). The first kappa shape index (κ1) is 18.3. The molecule has 0 N–H and O–H groups in total. The van der Waals surface area contributed by atoms with Crippen molar-refractivity contribution < 1.29 is 33.2 Å². The Morgan fingerprint density at radius 2 is 1.81 bits per heavy atom. The van der Waals surface area contributed by atoms with Crippen LogP contribution in [0.5, 0.6) is 0 Å². The molecule has 1 saturated heterocycles. The molecule has 1 aliphatic heterocycles. The third-order valence-electron chi connectivity index (χ3n) is 3.45. The van der Waals surface area contributed by atoms with Gasteiger partial charge in [-0.05, 0) is 6.42 Å². The van der Waals surface area contributed by atoms with Gasteiger partial charge in [0.25, 0.3) is 0 Å². The van der Waals surface area contributed by atoms with Gasteiger partial charge in [-0.25, -0.2) is 0 Å². The van der Waals surface area contributed by atoms with Crippen LogP contribution in [0.4, 0.5) is 0 Å². The first-order valence-corrected chi connectivity index (χ1v) is 7.05. The van der Waals surface area contributed by atoms with Gasteiger partial charge in [0, 0.05) is 34.9 Å². The number of rotatable bonds is 9. The highest BCUT2D eigenvalue weighted by molar-refractivity contribution is 5.69. The normalized spacial score (nSPS) is 30.3. The largest absolute Gasteiger partial charge is 0.433 e. The third kappa shape index (κ3) is 4.62. The smallest absolute Gasteiger partial charge is 0.308 e. The van der Waals surface area contributed by atoms with Crippen molar-refractivity contribution >= 4 is 5.97 Å². The fraction of sp³-hybridized carbons (Fsp3) is 0.929. The molecule has 0 bridgehead atoms. The molecule has 124 valence electrons. The molecule has 5 unspecified atom stereocenters. The summed E-state index contributed by atoms with van der Waals surface area (Å²) in [7, 11) is 6.23. The van der Waals surface area contributed by atoms with Crippen molar-refractivity contribution in [2.45, 2.75) is 50.5 Å². The monoisotopic (exact) mass is 306 g/mol. The lowest BCUT2D eigenvalue weighted by atomic mass is 10.1. The minimum absolute atomic E-state index is 0.319. The molecule has 0 spiro atoms. The average molecular weight is 306 g/mol. The second-order valence-electron chi connectivity index (χ2n) is 4.84. The maximum Gasteiger partial charge on any atom is 0.308 e. The Balaban J connectivity index is 2.80. The fourth-order valence-electron chi connectivity index (χ4n) is 2.41. The van der Waals surface area contributed by atoms with Crippen LogP contribution in [0.2, 0.25) is 0 Å². The zero-order chi connectivity index (χ0) is 15.8. The molecule has 0 saturated carbocycles. The molecule has 1 aliphatic rings. The van der Waals surface area contributed by atoms with Gasteiger partial charge in [-0.2, -0.15) is 0 Å². The van der Waals surface area contributed by atoms with Crippen molar-refractivity contribution in [3.05, 3.63) is 0 Å². The van der Waals surface area contributed by atoms with Crippen LogP contribution in [0.1, 0.15) is 19.8 Å². The highest BCUT2D eigenvalue weighted by atomic mass is 16.7. The Morgan fingerprint density at radius 1 is 1.14 bits per heavy atom. The summed E-state index contributed by atoms with van der Waals surface area (Å²) < 4.78 is 32.4. The molecule has 1 fully saturated rings. The van der Waals surface area contributed by atoms with Crippen molar-refractivity contribution in [2.75, 3.05) is 35.0 Å². The van der Waals surface area contributed by atoms with Gasteiger partial charge in [0.1, 0.15) is 24.4 Å². The van der Waals surface area contributed by atoms with Crippen molar-refractivity contribution in [1.82, 2.24) is 0 Å². The quantitative estimate of drug-likeness (QED) is 0.582. The van der Waals surface area contributed by atoms with Gasteiger partial charge in [-0.3, -0.25) is 4.79 Å². The Hall–Kier alpha value is -0.730. The molecule has 7 nitrogen and oxygen atoms in total. The van der Waals surface area contributed by atoms with E-state index in [1.54, 1.807) is 21.3 Å². The highest BCUT2D eigenvalue weighted by Crippen LogP contribution is 2.30. The van der Waals surface area contributed by atoms with Crippen molar-refractivity contribution in [3.63, 3.8) is 0 Å². The summed E-state index contributed by atoms with van der Waals surface area (Å²) in [5.74, 6) is -0.319. The van der Waals surface area contributed by atoms with Gasteiger partial charge < -0.3 is 28.4 Å². The molecular formula is C14H26O7. The molecule has 7 heteroatoms. The molecule has 0 aliphatic carbocycles. The summed E-state index contributed by atoms with van der Waals surface area (Å²) >= 11 is 0. The van der Waals surface area contributed by atoms with Crippen LogP contribution in [0.15, 0.2) is 0 Å².